The van der Waals surface area contributed by atoms with E-state index < -0.39 is 21.4 Å². The number of carboxylic acids is 1. The molecule has 26 heavy (non-hydrogen) atoms. The van der Waals surface area contributed by atoms with E-state index in [9.17, 15) is 18.3 Å². The molecule has 0 aromatic heterocycles. The number of rotatable bonds is 4. The van der Waals surface area contributed by atoms with Crippen molar-refractivity contribution in [2.75, 3.05) is 13.1 Å². The quantitative estimate of drug-likeness (QED) is 0.894. The Morgan fingerprint density at radius 2 is 1.73 bits per heavy atom. The molecule has 6 heteroatoms. The average Bonchev–Trinajstić information content (AvgIpc) is 2.62. The fourth-order valence-corrected chi connectivity index (χ4v) is 5.31. The Kier molecular flexibility index (Phi) is 4.90. The van der Waals surface area contributed by atoms with Gasteiger partial charge in [0.2, 0.25) is 10.0 Å². The normalized spacial score (nSPS) is 24.3. The van der Waals surface area contributed by atoms with Crippen molar-refractivity contribution in [2.45, 2.75) is 30.6 Å². The van der Waals surface area contributed by atoms with Gasteiger partial charge in [-0.05, 0) is 37.0 Å². The van der Waals surface area contributed by atoms with Crippen LogP contribution in [0.2, 0.25) is 0 Å². The third-order valence-corrected chi connectivity index (χ3v) is 7.28. The predicted molar refractivity (Wildman–Crippen MR) is 99.5 cm³/mol. The van der Waals surface area contributed by atoms with Gasteiger partial charge in [-0.15, -0.1) is 0 Å². The maximum Gasteiger partial charge on any atom is 0.314 e. The first-order valence-corrected chi connectivity index (χ1v) is 10.1. The molecule has 1 heterocycles. The fraction of sp³-hybridized carbons (Fsp3) is 0.350. The summed E-state index contributed by atoms with van der Waals surface area (Å²) in [7, 11) is -3.63. The van der Waals surface area contributed by atoms with Crippen molar-refractivity contribution < 1.29 is 18.3 Å². The number of sulfonamides is 1. The van der Waals surface area contributed by atoms with Crippen LogP contribution in [0.3, 0.4) is 0 Å². The molecule has 0 aliphatic carbocycles. The van der Waals surface area contributed by atoms with Crippen LogP contribution < -0.4 is 0 Å². The first kappa shape index (κ1) is 18.6. The van der Waals surface area contributed by atoms with Gasteiger partial charge in [0, 0.05) is 13.1 Å². The van der Waals surface area contributed by atoms with E-state index >= 15 is 0 Å². The van der Waals surface area contributed by atoms with E-state index in [0.29, 0.717) is 0 Å². The van der Waals surface area contributed by atoms with Crippen LogP contribution in [0, 0.1) is 12.8 Å². The van der Waals surface area contributed by atoms with Crippen LogP contribution in [0.15, 0.2) is 59.5 Å². The van der Waals surface area contributed by atoms with E-state index in [-0.39, 0.29) is 30.3 Å². The van der Waals surface area contributed by atoms with Crippen molar-refractivity contribution in [3.05, 3.63) is 65.7 Å². The third-order valence-electron chi connectivity index (χ3n) is 5.40. The highest BCUT2D eigenvalue weighted by atomic mass is 32.2. The van der Waals surface area contributed by atoms with E-state index in [0.717, 1.165) is 11.1 Å². The summed E-state index contributed by atoms with van der Waals surface area (Å²) < 4.78 is 27.3. The van der Waals surface area contributed by atoms with Crippen LogP contribution in [-0.2, 0) is 20.2 Å². The van der Waals surface area contributed by atoms with Crippen LogP contribution in [-0.4, -0.2) is 36.9 Å². The minimum Gasteiger partial charge on any atom is -0.481 e. The maximum absolute atomic E-state index is 12.9. The Morgan fingerprint density at radius 3 is 2.27 bits per heavy atom. The van der Waals surface area contributed by atoms with Gasteiger partial charge in [-0.1, -0.05) is 55.0 Å². The van der Waals surface area contributed by atoms with E-state index in [2.05, 4.69) is 0 Å². The molecule has 0 bridgehead atoms. The zero-order valence-electron chi connectivity index (χ0n) is 14.9. The molecule has 3 rings (SSSR count). The largest absolute Gasteiger partial charge is 0.481 e. The van der Waals surface area contributed by atoms with Crippen LogP contribution in [0.4, 0.5) is 0 Å². The summed E-state index contributed by atoms with van der Waals surface area (Å²) >= 11 is 0. The lowest BCUT2D eigenvalue weighted by atomic mass is 9.67. The van der Waals surface area contributed by atoms with Crippen molar-refractivity contribution in [3.8, 4) is 0 Å². The lowest BCUT2D eigenvalue weighted by molar-refractivity contribution is -0.148. The minimum absolute atomic E-state index is 0.178. The van der Waals surface area contributed by atoms with E-state index in [1.807, 2.05) is 44.2 Å². The molecule has 1 fully saturated rings. The first-order valence-electron chi connectivity index (χ1n) is 8.64. The summed E-state index contributed by atoms with van der Waals surface area (Å²) in [6.45, 7) is 4.08. The second-order valence-corrected chi connectivity index (χ2v) is 8.91. The molecule has 138 valence electrons. The molecule has 5 nitrogen and oxygen atoms in total. The lowest BCUT2D eigenvalue weighted by Crippen LogP contribution is -2.54. The smallest absolute Gasteiger partial charge is 0.314 e. The SMILES string of the molecule is Cc1ccc(S(=O)(=O)N2CC[C@](C(=O)O)(c3ccccc3)[C@H](C)C2)cc1. The summed E-state index contributed by atoms with van der Waals surface area (Å²) in [5.41, 5.74) is 0.651. The van der Waals surface area contributed by atoms with Gasteiger partial charge < -0.3 is 5.11 Å². The predicted octanol–water partition coefficient (Wildman–Crippen LogP) is 3.05. The van der Waals surface area contributed by atoms with Gasteiger partial charge in [0.15, 0.2) is 0 Å². The number of hydrogen-bond donors (Lipinski definition) is 1. The Bertz CT molecular complexity index is 893. The molecule has 2 aromatic rings. The molecular weight excluding hydrogens is 350 g/mol. The molecule has 1 aliphatic rings. The van der Waals surface area contributed by atoms with Gasteiger partial charge in [-0.2, -0.15) is 4.31 Å². The van der Waals surface area contributed by atoms with Gasteiger partial charge in [0.1, 0.15) is 0 Å². The molecule has 0 radical (unpaired) electrons. The topological polar surface area (TPSA) is 74.7 Å². The van der Waals surface area contributed by atoms with Gasteiger partial charge in [0.25, 0.3) is 0 Å². The van der Waals surface area contributed by atoms with Crippen molar-refractivity contribution >= 4 is 16.0 Å². The summed E-state index contributed by atoms with van der Waals surface area (Å²) in [6.07, 6.45) is 0.249. The number of aryl methyl sites for hydroxylation is 1. The molecule has 2 aromatic carbocycles. The minimum atomic E-state index is -3.63. The molecule has 0 saturated carbocycles. The molecule has 0 spiro atoms. The molecular formula is C20H23NO4S. The second kappa shape index (κ2) is 6.85. The molecule has 1 aliphatic heterocycles. The molecule has 2 atom stereocenters. The summed E-state index contributed by atoms with van der Waals surface area (Å²) in [4.78, 5) is 12.4. The number of carbonyl (C=O) groups is 1. The van der Waals surface area contributed by atoms with Crippen LogP contribution >= 0.6 is 0 Å². The standard InChI is InChI=1S/C20H23NO4S/c1-15-8-10-18(11-9-15)26(24,25)21-13-12-20(19(22)23,16(2)14-21)17-6-4-3-5-7-17/h3-11,16H,12-14H2,1-2H3,(H,22,23)/t16-,20-/m1/s1. The highest BCUT2D eigenvalue weighted by molar-refractivity contribution is 7.89. The van der Waals surface area contributed by atoms with Gasteiger partial charge in [-0.25, -0.2) is 8.42 Å². The number of carboxylic acid groups (broad SMARTS) is 1. The third kappa shape index (κ3) is 3.04. The fourth-order valence-electron chi connectivity index (χ4n) is 3.78. The van der Waals surface area contributed by atoms with Crippen molar-refractivity contribution in [1.29, 1.82) is 0 Å². The number of nitrogens with zero attached hydrogens (tertiary/aromatic N) is 1. The highest BCUT2D eigenvalue weighted by Gasteiger charge is 2.50. The summed E-state index contributed by atoms with van der Waals surface area (Å²) in [6, 6.07) is 15.9. The molecule has 1 N–H and O–H groups in total. The van der Waals surface area contributed by atoms with Gasteiger partial charge in [-0.3, -0.25) is 4.79 Å². The van der Waals surface area contributed by atoms with Crippen LogP contribution in [0.1, 0.15) is 24.5 Å². The highest BCUT2D eigenvalue weighted by Crippen LogP contribution is 2.41. The van der Waals surface area contributed by atoms with Gasteiger partial charge >= 0.3 is 5.97 Å². The Hall–Kier alpha value is -2.18. The van der Waals surface area contributed by atoms with Crippen molar-refractivity contribution in [1.82, 2.24) is 4.31 Å². The number of aliphatic carboxylic acids is 1. The average molecular weight is 373 g/mol. The Morgan fingerprint density at radius 1 is 1.12 bits per heavy atom. The Balaban J connectivity index is 1.92. The lowest BCUT2D eigenvalue weighted by Gasteiger charge is -2.43. The van der Waals surface area contributed by atoms with Crippen molar-refractivity contribution in [3.63, 3.8) is 0 Å². The number of hydrogen-bond acceptors (Lipinski definition) is 3. The van der Waals surface area contributed by atoms with E-state index in [4.69, 9.17) is 0 Å². The summed E-state index contributed by atoms with van der Waals surface area (Å²) in [5, 5.41) is 9.98. The van der Waals surface area contributed by atoms with Crippen molar-refractivity contribution in [2.24, 2.45) is 5.92 Å². The van der Waals surface area contributed by atoms with E-state index in [1.54, 1.807) is 24.3 Å². The second-order valence-electron chi connectivity index (χ2n) is 6.97. The zero-order chi connectivity index (χ0) is 18.9. The maximum atomic E-state index is 12.9. The van der Waals surface area contributed by atoms with E-state index in [1.165, 1.54) is 4.31 Å². The number of piperidine rings is 1. The molecule has 0 amide bonds. The molecule has 1 saturated heterocycles. The zero-order valence-corrected chi connectivity index (χ0v) is 15.7. The van der Waals surface area contributed by atoms with Crippen LogP contribution in [0.25, 0.3) is 0 Å². The Labute approximate surface area is 154 Å². The van der Waals surface area contributed by atoms with Gasteiger partial charge in [0.05, 0.1) is 10.3 Å². The molecule has 0 unspecified atom stereocenters. The van der Waals surface area contributed by atoms with Crippen LogP contribution in [0.5, 0.6) is 0 Å². The summed E-state index contributed by atoms with van der Waals surface area (Å²) in [5.74, 6) is -1.25. The first-order chi connectivity index (χ1) is 12.3. The monoisotopic (exact) mass is 373 g/mol. The number of benzene rings is 2.